The molecule has 14 heavy (non-hydrogen) atoms. The van der Waals surface area contributed by atoms with E-state index in [1.807, 2.05) is 6.92 Å². The van der Waals surface area contributed by atoms with Gasteiger partial charge in [-0.3, -0.25) is 4.79 Å². The van der Waals surface area contributed by atoms with Gasteiger partial charge >= 0.3 is 0 Å². The number of aldehydes is 1. The van der Waals surface area contributed by atoms with Crippen molar-refractivity contribution in [3.63, 3.8) is 0 Å². The van der Waals surface area contributed by atoms with E-state index in [-0.39, 0.29) is 0 Å². The maximum atomic E-state index is 11.6. The van der Waals surface area contributed by atoms with E-state index in [0.29, 0.717) is 17.0 Å². The second kappa shape index (κ2) is 5.67. The lowest BCUT2D eigenvalue weighted by Gasteiger charge is -2.02. The molecular formula is C10H13NO2S. The average molecular weight is 211 g/mol. The minimum Gasteiger partial charge on any atom is -0.298 e. The van der Waals surface area contributed by atoms with Crippen molar-refractivity contribution >= 4 is 17.3 Å². The normalized spacial score (nSPS) is 12.4. The molecule has 0 bridgehead atoms. The molecule has 0 saturated heterocycles. The first-order valence-electron chi connectivity index (χ1n) is 4.48. The molecule has 0 saturated carbocycles. The van der Waals surface area contributed by atoms with E-state index in [1.54, 1.807) is 24.3 Å². The minimum absolute atomic E-state index is 0.550. The summed E-state index contributed by atoms with van der Waals surface area (Å²) in [5.74, 6) is 0. The predicted molar refractivity (Wildman–Crippen MR) is 56.5 cm³/mol. The SMILES string of the molecule is CCCNS(=O)c1cccc(C=O)c1. The van der Waals surface area contributed by atoms with Gasteiger partial charge < -0.3 is 0 Å². The predicted octanol–water partition coefficient (Wildman–Crippen LogP) is 1.52. The van der Waals surface area contributed by atoms with Gasteiger partial charge in [-0.05, 0) is 18.6 Å². The lowest BCUT2D eigenvalue weighted by Crippen LogP contribution is -2.17. The topological polar surface area (TPSA) is 46.2 Å². The monoisotopic (exact) mass is 211 g/mol. The standard InChI is InChI=1S/C10H13NO2S/c1-2-6-11-14(13)10-5-3-4-9(7-10)8-12/h3-5,7-8,11H,2,6H2,1H3. The van der Waals surface area contributed by atoms with Crippen LogP contribution in [0.4, 0.5) is 0 Å². The fourth-order valence-electron chi connectivity index (χ4n) is 0.981. The van der Waals surface area contributed by atoms with Crippen LogP contribution < -0.4 is 4.72 Å². The molecule has 0 spiro atoms. The van der Waals surface area contributed by atoms with Gasteiger partial charge in [0.25, 0.3) is 0 Å². The molecule has 0 aliphatic rings. The van der Waals surface area contributed by atoms with Gasteiger partial charge in [0.15, 0.2) is 0 Å². The summed E-state index contributed by atoms with van der Waals surface area (Å²) in [4.78, 5) is 11.1. The van der Waals surface area contributed by atoms with Crippen LogP contribution in [0.3, 0.4) is 0 Å². The van der Waals surface area contributed by atoms with E-state index in [4.69, 9.17) is 0 Å². The van der Waals surface area contributed by atoms with Crippen LogP contribution in [0.25, 0.3) is 0 Å². The lowest BCUT2D eigenvalue weighted by atomic mass is 10.2. The van der Waals surface area contributed by atoms with Gasteiger partial charge in [-0.25, -0.2) is 8.93 Å². The summed E-state index contributed by atoms with van der Waals surface area (Å²) >= 11 is 0. The Hall–Kier alpha value is -1.00. The molecule has 1 rings (SSSR count). The molecule has 0 aliphatic heterocycles. The summed E-state index contributed by atoms with van der Waals surface area (Å²) in [5, 5.41) is 0. The highest BCUT2D eigenvalue weighted by Gasteiger charge is 2.02. The van der Waals surface area contributed by atoms with E-state index in [2.05, 4.69) is 4.72 Å². The summed E-state index contributed by atoms with van der Waals surface area (Å²) in [6.45, 7) is 2.71. The van der Waals surface area contributed by atoms with Crippen LogP contribution in [0, 0.1) is 0 Å². The molecule has 1 aromatic carbocycles. The Bertz CT molecular complexity index is 339. The maximum Gasteiger partial charge on any atom is 0.150 e. The van der Waals surface area contributed by atoms with Gasteiger partial charge in [0, 0.05) is 12.1 Å². The largest absolute Gasteiger partial charge is 0.298 e. The van der Waals surface area contributed by atoms with Crippen LogP contribution in [-0.4, -0.2) is 17.0 Å². The highest BCUT2D eigenvalue weighted by atomic mass is 32.2. The van der Waals surface area contributed by atoms with E-state index < -0.39 is 11.0 Å². The summed E-state index contributed by atoms with van der Waals surface area (Å²) in [5.41, 5.74) is 0.550. The van der Waals surface area contributed by atoms with E-state index in [1.165, 1.54) is 0 Å². The zero-order chi connectivity index (χ0) is 10.4. The maximum absolute atomic E-state index is 11.6. The summed E-state index contributed by atoms with van der Waals surface area (Å²) in [7, 11) is -1.20. The molecule has 0 aliphatic carbocycles. The highest BCUT2D eigenvalue weighted by molar-refractivity contribution is 7.83. The van der Waals surface area contributed by atoms with Gasteiger partial charge in [0.1, 0.15) is 17.3 Å². The Morgan fingerprint density at radius 2 is 2.29 bits per heavy atom. The van der Waals surface area contributed by atoms with Crippen LogP contribution in [0.15, 0.2) is 29.2 Å². The molecule has 3 nitrogen and oxygen atoms in total. The summed E-state index contributed by atoms with van der Waals surface area (Å²) in [6.07, 6.45) is 1.68. The number of hydrogen-bond donors (Lipinski definition) is 1. The van der Waals surface area contributed by atoms with Crippen molar-refractivity contribution in [3.8, 4) is 0 Å². The second-order valence-electron chi connectivity index (χ2n) is 2.85. The first-order valence-corrected chi connectivity index (χ1v) is 5.63. The van der Waals surface area contributed by atoms with Gasteiger partial charge in [-0.1, -0.05) is 19.1 Å². The third-order valence-electron chi connectivity index (χ3n) is 1.69. The third kappa shape index (κ3) is 3.05. The quantitative estimate of drug-likeness (QED) is 0.751. The molecule has 76 valence electrons. The number of nitrogens with one attached hydrogen (secondary N) is 1. The molecule has 0 heterocycles. The average Bonchev–Trinajstić information content (AvgIpc) is 2.26. The lowest BCUT2D eigenvalue weighted by molar-refractivity contribution is 0.112. The Kier molecular flexibility index (Phi) is 4.49. The fourth-order valence-corrected chi connectivity index (χ4v) is 1.98. The Labute approximate surface area is 86.1 Å². The molecule has 1 atom stereocenters. The number of rotatable bonds is 5. The third-order valence-corrected chi connectivity index (χ3v) is 2.84. The van der Waals surface area contributed by atoms with Crippen molar-refractivity contribution in [2.75, 3.05) is 6.54 Å². The molecule has 0 amide bonds. The first kappa shape index (κ1) is 11.1. The molecule has 0 radical (unpaired) electrons. The van der Waals surface area contributed by atoms with Crippen LogP contribution in [0.2, 0.25) is 0 Å². The Morgan fingerprint density at radius 3 is 2.93 bits per heavy atom. The number of carbonyl (C=O) groups excluding carboxylic acids is 1. The van der Waals surface area contributed by atoms with Crippen molar-refractivity contribution in [2.24, 2.45) is 0 Å². The van der Waals surface area contributed by atoms with Crippen molar-refractivity contribution in [1.82, 2.24) is 4.72 Å². The molecule has 1 unspecified atom stereocenters. The van der Waals surface area contributed by atoms with Crippen molar-refractivity contribution in [2.45, 2.75) is 18.2 Å². The Balaban J connectivity index is 2.74. The van der Waals surface area contributed by atoms with E-state index in [0.717, 1.165) is 12.7 Å². The molecule has 1 N–H and O–H groups in total. The van der Waals surface area contributed by atoms with Crippen LogP contribution >= 0.6 is 0 Å². The van der Waals surface area contributed by atoms with Gasteiger partial charge in [0.05, 0.1) is 4.90 Å². The second-order valence-corrected chi connectivity index (χ2v) is 4.15. The number of hydrogen-bond acceptors (Lipinski definition) is 2. The van der Waals surface area contributed by atoms with Crippen molar-refractivity contribution in [3.05, 3.63) is 29.8 Å². The molecule has 0 fully saturated rings. The van der Waals surface area contributed by atoms with Crippen molar-refractivity contribution in [1.29, 1.82) is 0 Å². The Morgan fingerprint density at radius 1 is 1.50 bits per heavy atom. The number of benzene rings is 1. The summed E-state index contributed by atoms with van der Waals surface area (Å²) in [6, 6.07) is 6.79. The van der Waals surface area contributed by atoms with Gasteiger partial charge in [-0.15, -0.1) is 0 Å². The molecule has 4 heteroatoms. The molecular weight excluding hydrogens is 198 g/mol. The van der Waals surface area contributed by atoms with E-state index >= 15 is 0 Å². The van der Waals surface area contributed by atoms with Crippen LogP contribution in [-0.2, 0) is 11.0 Å². The first-order chi connectivity index (χ1) is 6.77. The molecule has 1 aromatic rings. The van der Waals surface area contributed by atoms with Crippen molar-refractivity contribution < 1.29 is 9.00 Å². The minimum atomic E-state index is -1.20. The van der Waals surface area contributed by atoms with E-state index in [9.17, 15) is 9.00 Å². The molecule has 0 aromatic heterocycles. The smallest absolute Gasteiger partial charge is 0.150 e. The zero-order valence-corrected chi connectivity index (χ0v) is 8.84. The fraction of sp³-hybridized carbons (Fsp3) is 0.300. The van der Waals surface area contributed by atoms with Gasteiger partial charge in [0.2, 0.25) is 0 Å². The van der Waals surface area contributed by atoms with Gasteiger partial charge in [-0.2, -0.15) is 0 Å². The zero-order valence-electron chi connectivity index (χ0n) is 8.03. The highest BCUT2D eigenvalue weighted by Crippen LogP contribution is 2.06. The van der Waals surface area contributed by atoms with Crippen LogP contribution in [0.5, 0.6) is 0 Å². The summed E-state index contributed by atoms with van der Waals surface area (Å²) < 4.78 is 14.4. The number of carbonyl (C=O) groups is 1. The van der Waals surface area contributed by atoms with Crippen LogP contribution in [0.1, 0.15) is 23.7 Å².